The monoisotopic (exact) mass is 320 g/mol. The van der Waals surface area contributed by atoms with Crippen molar-refractivity contribution in [1.29, 1.82) is 0 Å². The van der Waals surface area contributed by atoms with Crippen LogP contribution in [0.4, 0.5) is 0 Å². The maximum atomic E-state index is 12.9. The van der Waals surface area contributed by atoms with Gasteiger partial charge in [-0.05, 0) is 39.2 Å². The van der Waals surface area contributed by atoms with E-state index in [9.17, 15) is 4.79 Å². The SMILES string of the molecule is Cc1nc2sc(C3CCCN3)nc2c(=O)n1C1CCOCC1. The summed E-state index contributed by atoms with van der Waals surface area (Å²) in [6.07, 6.45) is 4.00. The molecule has 2 aromatic rings. The fraction of sp³-hybridized carbons (Fsp3) is 0.667. The second kappa shape index (κ2) is 5.72. The highest BCUT2D eigenvalue weighted by Crippen LogP contribution is 2.29. The zero-order valence-electron chi connectivity index (χ0n) is 12.7. The lowest BCUT2D eigenvalue weighted by Gasteiger charge is -2.25. The van der Waals surface area contributed by atoms with Gasteiger partial charge in [0.1, 0.15) is 10.8 Å². The zero-order chi connectivity index (χ0) is 15.1. The Morgan fingerprint density at radius 1 is 1.27 bits per heavy atom. The lowest BCUT2D eigenvalue weighted by atomic mass is 10.1. The molecule has 2 aliphatic heterocycles. The Hall–Kier alpha value is -1.31. The van der Waals surface area contributed by atoms with E-state index in [-0.39, 0.29) is 17.6 Å². The Balaban J connectivity index is 1.79. The normalized spacial score (nSPS) is 23.4. The predicted octanol–water partition coefficient (Wildman–Crippen LogP) is 1.94. The molecule has 4 heterocycles. The van der Waals surface area contributed by atoms with Crippen molar-refractivity contribution in [2.24, 2.45) is 0 Å². The van der Waals surface area contributed by atoms with Crippen molar-refractivity contribution in [2.75, 3.05) is 19.8 Å². The first-order valence-electron chi connectivity index (χ1n) is 7.95. The largest absolute Gasteiger partial charge is 0.381 e. The summed E-state index contributed by atoms with van der Waals surface area (Å²) in [5.41, 5.74) is 0.542. The van der Waals surface area contributed by atoms with Gasteiger partial charge in [0.2, 0.25) is 0 Å². The summed E-state index contributed by atoms with van der Waals surface area (Å²) in [5, 5.41) is 4.44. The van der Waals surface area contributed by atoms with Gasteiger partial charge in [0, 0.05) is 19.3 Å². The van der Waals surface area contributed by atoms with Crippen LogP contribution in [0.2, 0.25) is 0 Å². The highest BCUT2D eigenvalue weighted by atomic mass is 32.1. The van der Waals surface area contributed by atoms with Gasteiger partial charge in [0.25, 0.3) is 5.56 Å². The number of aryl methyl sites for hydroxylation is 1. The number of rotatable bonds is 2. The third-order valence-corrected chi connectivity index (χ3v) is 5.64. The fourth-order valence-electron chi connectivity index (χ4n) is 3.42. The number of fused-ring (bicyclic) bond motifs is 1. The quantitative estimate of drug-likeness (QED) is 0.916. The van der Waals surface area contributed by atoms with E-state index in [2.05, 4.69) is 15.3 Å². The summed E-state index contributed by atoms with van der Waals surface area (Å²) >= 11 is 1.56. The van der Waals surface area contributed by atoms with Crippen LogP contribution < -0.4 is 10.9 Å². The van der Waals surface area contributed by atoms with Crippen LogP contribution in [0.15, 0.2) is 4.79 Å². The molecule has 6 nitrogen and oxygen atoms in total. The van der Waals surface area contributed by atoms with E-state index < -0.39 is 0 Å². The van der Waals surface area contributed by atoms with E-state index in [0.717, 1.165) is 41.5 Å². The minimum Gasteiger partial charge on any atom is -0.381 e. The molecule has 0 aliphatic carbocycles. The van der Waals surface area contributed by atoms with E-state index in [4.69, 9.17) is 4.74 Å². The van der Waals surface area contributed by atoms with Crippen molar-refractivity contribution in [3.63, 3.8) is 0 Å². The molecule has 2 aromatic heterocycles. The van der Waals surface area contributed by atoms with Gasteiger partial charge in [-0.1, -0.05) is 11.3 Å². The van der Waals surface area contributed by atoms with Crippen molar-refractivity contribution in [1.82, 2.24) is 19.9 Å². The second-order valence-corrected chi connectivity index (χ2v) is 7.04. The molecule has 0 radical (unpaired) electrons. The minimum atomic E-state index is 0.00916. The van der Waals surface area contributed by atoms with Gasteiger partial charge in [0.15, 0.2) is 10.3 Å². The van der Waals surface area contributed by atoms with Crippen molar-refractivity contribution in [3.8, 4) is 0 Å². The number of hydrogen-bond acceptors (Lipinski definition) is 6. The molecule has 4 rings (SSSR count). The van der Waals surface area contributed by atoms with Crippen LogP contribution in [0.3, 0.4) is 0 Å². The first-order valence-corrected chi connectivity index (χ1v) is 8.76. The van der Waals surface area contributed by atoms with E-state index >= 15 is 0 Å². The van der Waals surface area contributed by atoms with Gasteiger partial charge in [0.05, 0.1) is 6.04 Å². The number of hydrogen-bond donors (Lipinski definition) is 1. The number of ether oxygens (including phenoxy) is 1. The molecule has 0 spiro atoms. The Labute approximate surface area is 132 Å². The third-order valence-electron chi connectivity index (χ3n) is 4.57. The Kier molecular flexibility index (Phi) is 3.71. The summed E-state index contributed by atoms with van der Waals surface area (Å²) in [4.78, 5) is 22.9. The lowest BCUT2D eigenvalue weighted by molar-refractivity contribution is 0.0679. The van der Waals surface area contributed by atoms with E-state index in [1.807, 2.05) is 11.5 Å². The van der Waals surface area contributed by atoms with Crippen LogP contribution >= 0.6 is 11.3 Å². The Morgan fingerprint density at radius 2 is 2.09 bits per heavy atom. The molecule has 118 valence electrons. The maximum absolute atomic E-state index is 12.9. The van der Waals surface area contributed by atoms with E-state index in [1.54, 1.807) is 11.3 Å². The molecular weight excluding hydrogens is 300 g/mol. The van der Waals surface area contributed by atoms with Crippen molar-refractivity contribution in [3.05, 3.63) is 21.2 Å². The van der Waals surface area contributed by atoms with Crippen LogP contribution in [-0.4, -0.2) is 34.3 Å². The molecule has 7 heteroatoms. The zero-order valence-corrected chi connectivity index (χ0v) is 13.5. The van der Waals surface area contributed by atoms with Gasteiger partial charge in [-0.2, -0.15) is 0 Å². The molecule has 1 atom stereocenters. The number of nitrogens with zero attached hydrogens (tertiary/aromatic N) is 3. The lowest BCUT2D eigenvalue weighted by Crippen LogP contribution is -2.31. The highest BCUT2D eigenvalue weighted by Gasteiger charge is 2.25. The summed E-state index contributed by atoms with van der Waals surface area (Å²) in [7, 11) is 0. The smallest absolute Gasteiger partial charge is 0.281 e. The highest BCUT2D eigenvalue weighted by molar-refractivity contribution is 7.18. The van der Waals surface area contributed by atoms with E-state index in [0.29, 0.717) is 18.7 Å². The molecular formula is C15H20N4O2S. The molecule has 1 N–H and O–H groups in total. The summed E-state index contributed by atoms with van der Waals surface area (Å²) < 4.78 is 7.23. The van der Waals surface area contributed by atoms with Gasteiger partial charge in [-0.3, -0.25) is 9.36 Å². The van der Waals surface area contributed by atoms with Crippen molar-refractivity contribution >= 4 is 21.7 Å². The van der Waals surface area contributed by atoms with Crippen LogP contribution in [-0.2, 0) is 4.74 Å². The predicted molar refractivity (Wildman–Crippen MR) is 85.5 cm³/mol. The van der Waals surface area contributed by atoms with Crippen LogP contribution in [0.5, 0.6) is 0 Å². The van der Waals surface area contributed by atoms with Crippen molar-refractivity contribution < 1.29 is 4.74 Å². The standard InChI is InChI=1S/C15H20N4O2S/c1-9-17-14-12(18-13(22-14)11-3-2-6-16-11)15(20)19(9)10-4-7-21-8-5-10/h10-11,16H,2-8H2,1H3. The summed E-state index contributed by atoms with van der Waals surface area (Å²) in [6, 6.07) is 0.475. The Bertz CT molecular complexity index is 742. The van der Waals surface area contributed by atoms with Crippen molar-refractivity contribution in [2.45, 2.75) is 44.7 Å². The van der Waals surface area contributed by atoms with Gasteiger partial charge in [-0.25, -0.2) is 9.97 Å². The molecule has 2 saturated heterocycles. The molecule has 0 amide bonds. The van der Waals surface area contributed by atoms with Crippen LogP contribution in [0.1, 0.15) is 48.6 Å². The summed E-state index contributed by atoms with van der Waals surface area (Å²) in [6.45, 7) is 4.37. The van der Waals surface area contributed by atoms with E-state index in [1.165, 1.54) is 6.42 Å². The molecule has 2 aliphatic rings. The van der Waals surface area contributed by atoms with Crippen LogP contribution in [0, 0.1) is 6.92 Å². The average molecular weight is 320 g/mol. The Morgan fingerprint density at radius 3 is 2.82 bits per heavy atom. The minimum absolute atomic E-state index is 0.00916. The maximum Gasteiger partial charge on any atom is 0.281 e. The van der Waals surface area contributed by atoms with Gasteiger partial charge < -0.3 is 10.1 Å². The van der Waals surface area contributed by atoms with Crippen LogP contribution in [0.25, 0.3) is 10.3 Å². The molecule has 0 aromatic carbocycles. The number of thiazole rings is 1. The first-order chi connectivity index (χ1) is 10.7. The topological polar surface area (TPSA) is 69.0 Å². The van der Waals surface area contributed by atoms with Gasteiger partial charge in [-0.15, -0.1) is 0 Å². The third kappa shape index (κ3) is 2.37. The summed E-state index contributed by atoms with van der Waals surface area (Å²) in [5.74, 6) is 0.791. The number of aromatic nitrogens is 3. The number of nitrogens with one attached hydrogen (secondary N) is 1. The molecule has 2 fully saturated rings. The molecule has 0 saturated carbocycles. The molecule has 0 bridgehead atoms. The molecule has 22 heavy (non-hydrogen) atoms. The fourth-order valence-corrected chi connectivity index (χ4v) is 4.51. The average Bonchev–Trinajstić information content (AvgIpc) is 3.17. The second-order valence-electron chi connectivity index (χ2n) is 6.03. The van der Waals surface area contributed by atoms with Gasteiger partial charge >= 0.3 is 0 Å². The first kappa shape index (κ1) is 14.3. The molecule has 1 unspecified atom stereocenters.